The molecule has 1 aliphatic rings. The molecule has 0 aromatic heterocycles. The molecule has 0 saturated heterocycles. The van der Waals surface area contributed by atoms with Gasteiger partial charge in [-0.25, -0.2) is 0 Å². The molecule has 0 spiro atoms. The van der Waals surface area contributed by atoms with Crippen LogP contribution in [0.25, 0.3) is 0 Å². The highest BCUT2D eigenvalue weighted by Crippen LogP contribution is 2.15. The Kier molecular flexibility index (Phi) is 4.49. The lowest BCUT2D eigenvalue weighted by Gasteiger charge is -2.12. The molecular formula is C11H19N3O2. The van der Waals surface area contributed by atoms with Crippen molar-refractivity contribution in [3.8, 4) is 0 Å². The highest BCUT2D eigenvalue weighted by atomic mass is 16.2. The normalized spacial score (nSPS) is 23.2. The fourth-order valence-corrected chi connectivity index (χ4v) is 1.57. The summed E-state index contributed by atoms with van der Waals surface area (Å²) in [6.45, 7) is 0.384. The minimum absolute atomic E-state index is 0.0129. The number of rotatable bonds is 4. The molecule has 5 heteroatoms. The predicted octanol–water partition coefficient (Wildman–Crippen LogP) is -0.516. The Morgan fingerprint density at radius 2 is 2.12 bits per heavy atom. The van der Waals surface area contributed by atoms with Crippen LogP contribution in [-0.4, -0.2) is 43.4 Å². The molecule has 5 nitrogen and oxygen atoms in total. The minimum atomic E-state index is -0.135. The van der Waals surface area contributed by atoms with Gasteiger partial charge in [0.15, 0.2) is 0 Å². The number of carbonyl (C=O) groups excluding carboxylic acids is 2. The van der Waals surface area contributed by atoms with Crippen LogP contribution in [0.3, 0.4) is 0 Å². The number of hydrogen-bond acceptors (Lipinski definition) is 3. The standard InChI is InChI=1S/C11H19N3O2/c1-14(2)10(15)5-6-13-11(16)8-3-4-9(12)7-8/h3-4,8-9H,5-7,12H2,1-2H3,(H,13,16). The maximum Gasteiger partial charge on any atom is 0.227 e. The maximum absolute atomic E-state index is 11.6. The van der Waals surface area contributed by atoms with E-state index in [0.29, 0.717) is 19.4 Å². The lowest BCUT2D eigenvalue weighted by Crippen LogP contribution is -2.34. The van der Waals surface area contributed by atoms with Gasteiger partial charge >= 0.3 is 0 Å². The van der Waals surface area contributed by atoms with Crippen LogP contribution in [0.1, 0.15) is 12.8 Å². The number of carbonyl (C=O) groups is 2. The number of nitrogens with two attached hydrogens (primary N) is 1. The average molecular weight is 225 g/mol. The second-order valence-corrected chi connectivity index (χ2v) is 4.22. The first-order valence-electron chi connectivity index (χ1n) is 5.42. The van der Waals surface area contributed by atoms with E-state index in [9.17, 15) is 9.59 Å². The van der Waals surface area contributed by atoms with Crippen LogP contribution in [0.2, 0.25) is 0 Å². The summed E-state index contributed by atoms with van der Waals surface area (Å²) in [5.74, 6) is -0.167. The molecule has 2 amide bonds. The van der Waals surface area contributed by atoms with Gasteiger partial charge in [0.25, 0.3) is 0 Å². The summed E-state index contributed by atoms with van der Waals surface area (Å²) in [5.41, 5.74) is 5.65. The maximum atomic E-state index is 11.6. The fraction of sp³-hybridized carbons (Fsp3) is 0.636. The van der Waals surface area contributed by atoms with E-state index >= 15 is 0 Å². The first-order chi connectivity index (χ1) is 7.50. The van der Waals surface area contributed by atoms with Gasteiger partial charge in [-0.15, -0.1) is 0 Å². The number of amides is 2. The van der Waals surface area contributed by atoms with Crippen molar-refractivity contribution < 1.29 is 9.59 Å². The van der Waals surface area contributed by atoms with Crippen LogP contribution in [0.4, 0.5) is 0 Å². The van der Waals surface area contributed by atoms with Gasteiger partial charge in [0.05, 0.1) is 5.92 Å². The highest BCUT2D eigenvalue weighted by molar-refractivity contribution is 5.82. The Hall–Kier alpha value is -1.36. The predicted molar refractivity (Wildman–Crippen MR) is 61.5 cm³/mol. The van der Waals surface area contributed by atoms with Crippen molar-refractivity contribution in [3.63, 3.8) is 0 Å². The summed E-state index contributed by atoms with van der Waals surface area (Å²) in [6, 6.07) is -0.0147. The van der Waals surface area contributed by atoms with Crippen LogP contribution >= 0.6 is 0 Å². The van der Waals surface area contributed by atoms with E-state index in [1.807, 2.05) is 12.2 Å². The molecule has 0 aromatic rings. The fourth-order valence-electron chi connectivity index (χ4n) is 1.57. The van der Waals surface area contributed by atoms with Crippen molar-refractivity contribution in [3.05, 3.63) is 12.2 Å². The molecular weight excluding hydrogens is 206 g/mol. The molecule has 0 heterocycles. The lowest BCUT2D eigenvalue weighted by atomic mass is 10.1. The monoisotopic (exact) mass is 225 g/mol. The van der Waals surface area contributed by atoms with Gasteiger partial charge in [0.1, 0.15) is 0 Å². The second kappa shape index (κ2) is 5.65. The molecule has 16 heavy (non-hydrogen) atoms. The van der Waals surface area contributed by atoms with E-state index in [4.69, 9.17) is 5.73 Å². The van der Waals surface area contributed by atoms with Crippen LogP contribution < -0.4 is 11.1 Å². The van der Waals surface area contributed by atoms with Crippen LogP contribution in [0, 0.1) is 5.92 Å². The molecule has 3 N–H and O–H groups in total. The van der Waals surface area contributed by atoms with Gasteiger partial charge < -0.3 is 16.0 Å². The van der Waals surface area contributed by atoms with Crippen molar-refractivity contribution in [1.29, 1.82) is 0 Å². The van der Waals surface area contributed by atoms with Crippen LogP contribution in [0.15, 0.2) is 12.2 Å². The summed E-state index contributed by atoms with van der Waals surface area (Å²) in [5, 5.41) is 2.74. The smallest absolute Gasteiger partial charge is 0.227 e. The molecule has 0 saturated carbocycles. The number of nitrogens with zero attached hydrogens (tertiary/aromatic N) is 1. The SMILES string of the molecule is CN(C)C(=O)CCNC(=O)C1C=CC(N)C1. The molecule has 1 aliphatic carbocycles. The summed E-state index contributed by atoms with van der Waals surface area (Å²) >= 11 is 0. The largest absolute Gasteiger partial charge is 0.355 e. The van der Waals surface area contributed by atoms with Crippen LogP contribution in [0.5, 0.6) is 0 Å². The first kappa shape index (κ1) is 12.7. The van der Waals surface area contributed by atoms with E-state index in [0.717, 1.165) is 0 Å². The van der Waals surface area contributed by atoms with Gasteiger partial charge in [0, 0.05) is 33.1 Å². The van der Waals surface area contributed by atoms with E-state index in [-0.39, 0.29) is 23.8 Å². The second-order valence-electron chi connectivity index (χ2n) is 4.22. The number of nitrogens with one attached hydrogen (secondary N) is 1. The summed E-state index contributed by atoms with van der Waals surface area (Å²) in [4.78, 5) is 24.3. The first-order valence-corrected chi connectivity index (χ1v) is 5.42. The molecule has 0 fully saturated rings. The van der Waals surface area contributed by atoms with Crippen LogP contribution in [-0.2, 0) is 9.59 Å². The van der Waals surface area contributed by atoms with E-state index < -0.39 is 0 Å². The quantitative estimate of drug-likeness (QED) is 0.632. The van der Waals surface area contributed by atoms with Gasteiger partial charge in [-0.2, -0.15) is 0 Å². The Morgan fingerprint density at radius 3 is 2.62 bits per heavy atom. The topological polar surface area (TPSA) is 75.4 Å². The van der Waals surface area contributed by atoms with Gasteiger partial charge in [-0.1, -0.05) is 12.2 Å². The van der Waals surface area contributed by atoms with Gasteiger partial charge in [-0.3, -0.25) is 9.59 Å². The third-order valence-electron chi connectivity index (χ3n) is 2.59. The van der Waals surface area contributed by atoms with Crippen molar-refractivity contribution in [2.75, 3.05) is 20.6 Å². The summed E-state index contributed by atoms with van der Waals surface area (Å²) in [6.07, 6.45) is 4.66. The molecule has 90 valence electrons. The molecule has 1 rings (SSSR count). The molecule has 0 aliphatic heterocycles. The average Bonchev–Trinajstić information content (AvgIpc) is 2.64. The van der Waals surface area contributed by atoms with E-state index in [1.165, 1.54) is 4.90 Å². The Bertz CT molecular complexity index is 300. The third-order valence-corrected chi connectivity index (χ3v) is 2.59. The molecule has 0 aromatic carbocycles. The Balaban J connectivity index is 2.21. The van der Waals surface area contributed by atoms with Crippen molar-refractivity contribution >= 4 is 11.8 Å². The minimum Gasteiger partial charge on any atom is -0.355 e. The zero-order chi connectivity index (χ0) is 12.1. The van der Waals surface area contributed by atoms with Crippen molar-refractivity contribution in [2.24, 2.45) is 11.7 Å². The number of hydrogen-bond donors (Lipinski definition) is 2. The zero-order valence-corrected chi connectivity index (χ0v) is 9.77. The zero-order valence-electron chi connectivity index (χ0n) is 9.77. The summed E-state index contributed by atoms with van der Waals surface area (Å²) in [7, 11) is 3.39. The van der Waals surface area contributed by atoms with Crippen molar-refractivity contribution in [2.45, 2.75) is 18.9 Å². The molecule has 2 unspecified atom stereocenters. The molecule has 0 radical (unpaired) electrons. The van der Waals surface area contributed by atoms with Crippen molar-refractivity contribution in [1.82, 2.24) is 10.2 Å². The molecule has 2 atom stereocenters. The Morgan fingerprint density at radius 1 is 1.44 bits per heavy atom. The van der Waals surface area contributed by atoms with E-state index in [1.54, 1.807) is 14.1 Å². The lowest BCUT2D eigenvalue weighted by molar-refractivity contribution is -0.128. The summed E-state index contributed by atoms with van der Waals surface area (Å²) < 4.78 is 0. The van der Waals surface area contributed by atoms with E-state index in [2.05, 4.69) is 5.32 Å². The highest BCUT2D eigenvalue weighted by Gasteiger charge is 2.22. The third kappa shape index (κ3) is 3.66. The molecule has 0 bridgehead atoms. The van der Waals surface area contributed by atoms with Gasteiger partial charge in [-0.05, 0) is 6.42 Å². The Labute approximate surface area is 95.7 Å². The van der Waals surface area contributed by atoms with Gasteiger partial charge in [0.2, 0.25) is 11.8 Å².